The third-order valence-electron chi connectivity index (χ3n) is 7.15. The quantitative estimate of drug-likeness (QED) is 0.745. The number of amides is 1. The molecule has 6 nitrogen and oxygen atoms in total. The van der Waals surface area contributed by atoms with Crippen molar-refractivity contribution < 1.29 is 23.8 Å². The van der Waals surface area contributed by atoms with E-state index in [9.17, 15) is 9.59 Å². The van der Waals surface area contributed by atoms with Gasteiger partial charge in [-0.1, -0.05) is 6.07 Å². The third kappa shape index (κ3) is 3.81. The molecule has 1 aliphatic heterocycles. The molecule has 1 amide bonds. The number of nitrogens with one attached hydrogen (secondary N) is 1. The molecule has 29 heavy (non-hydrogen) atoms. The number of ether oxygens (including phenoxy) is 3. The molecule has 4 fully saturated rings. The summed E-state index contributed by atoms with van der Waals surface area (Å²) >= 11 is 0. The lowest BCUT2D eigenvalue weighted by atomic mass is 9.49. The molecule has 0 unspecified atom stereocenters. The summed E-state index contributed by atoms with van der Waals surface area (Å²) in [5.74, 6) is 3.21. The number of carbonyl (C=O) groups excluding carboxylic acids is 2. The minimum atomic E-state index is -0.305. The van der Waals surface area contributed by atoms with Gasteiger partial charge in [0.15, 0.2) is 18.1 Å². The van der Waals surface area contributed by atoms with Crippen molar-refractivity contribution in [1.82, 2.24) is 5.32 Å². The highest BCUT2D eigenvalue weighted by atomic mass is 16.6. The summed E-state index contributed by atoms with van der Waals surface area (Å²) < 4.78 is 16.6. The average Bonchev–Trinajstić information content (AvgIpc) is 2.71. The molecule has 4 bridgehead atoms. The largest absolute Gasteiger partial charge is 0.486 e. The minimum absolute atomic E-state index is 0.140. The van der Waals surface area contributed by atoms with Gasteiger partial charge in [-0.15, -0.1) is 0 Å². The van der Waals surface area contributed by atoms with Crippen LogP contribution in [0.4, 0.5) is 0 Å². The Balaban J connectivity index is 1.07. The van der Waals surface area contributed by atoms with E-state index in [1.54, 1.807) is 0 Å². The van der Waals surface area contributed by atoms with Gasteiger partial charge in [-0.3, -0.25) is 9.59 Å². The molecule has 0 radical (unpaired) electrons. The molecule has 6 heteroatoms. The van der Waals surface area contributed by atoms with Crippen LogP contribution in [0.15, 0.2) is 18.2 Å². The van der Waals surface area contributed by atoms with Crippen LogP contribution in [-0.4, -0.2) is 38.2 Å². The summed E-state index contributed by atoms with van der Waals surface area (Å²) in [6, 6.07) is 5.83. The van der Waals surface area contributed by atoms with Gasteiger partial charge in [-0.25, -0.2) is 0 Å². The first-order valence-electron chi connectivity index (χ1n) is 10.9. The summed E-state index contributed by atoms with van der Waals surface area (Å²) in [6.45, 7) is 1.45. The highest BCUT2D eigenvalue weighted by Gasteiger charge is 2.55. The molecule has 1 aromatic rings. The van der Waals surface area contributed by atoms with Gasteiger partial charge in [-0.2, -0.15) is 0 Å². The fourth-order valence-corrected chi connectivity index (χ4v) is 6.29. The van der Waals surface area contributed by atoms with Gasteiger partial charge in [0, 0.05) is 6.54 Å². The van der Waals surface area contributed by atoms with Crippen molar-refractivity contribution in [3.63, 3.8) is 0 Å². The molecule has 6 rings (SSSR count). The Hall–Kier alpha value is -2.24. The van der Waals surface area contributed by atoms with Crippen LogP contribution in [0.2, 0.25) is 0 Å². The number of hydrogen-bond acceptors (Lipinski definition) is 5. The van der Waals surface area contributed by atoms with Crippen LogP contribution in [0.5, 0.6) is 11.5 Å². The fraction of sp³-hybridized carbons (Fsp3) is 0.652. The van der Waals surface area contributed by atoms with Crippen LogP contribution < -0.4 is 14.8 Å². The molecule has 1 heterocycles. The molecule has 4 aliphatic carbocycles. The van der Waals surface area contributed by atoms with Gasteiger partial charge in [0.25, 0.3) is 5.91 Å². The van der Waals surface area contributed by atoms with Crippen LogP contribution in [0.25, 0.3) is 0 Å². The number of carbonyl (C=O) groups is 2. The molecule has 0 atom stereocenters. The van der Waals surface area contributed by atoms with E-state index in [0.29, 0.717) is 43.9 Å². The molecule has 0 saturated heterocycles. The fourth-order valence-electron chi connectivity index (χ4n) is 6.29. The first kappa shape index (κ1) is 18.8. The zero-order valence-corrected chi connectivity index (χ0v) is 16.8. The monoisotopic (exact) mass is 399 g/mol. The van der Waals surface area contributed by atoms with E-state index in [0.717, 1.165) is 36.3 Å². The lowest BCUT2D eigenvalue weighted by Gasteiger charge is -2.55. The van der Waals surface area contributed by atoms with Gasteiger partial charge in [0.05, 0.1) is 5.41 Å². The van der Waals surface area contributed by atoms with Crippen LogP contribution in [0.1, 0.15) is 44.1 Å². The maximum absolute atomic E-state index is 12.8. The second kappa shape index (κ2) is 7.54. The molecule has 1 aromatic carbocycles. The van der Waals surface area contributed by atoms with Crippen LogP contribution in [-0.2, 0) is 20.7 Å². The topological polar surface area (TPSA) is 73.9 Å². The van der Waals surface area contributed by atoms with Crippen molar-refractivity contribution in [2.75, 3.05) is 26.4 Å². The Kier molecular flexibility index (Phi) is 4.88. The zero-order chi connectivity index (χ0) is 19.8. The van der Waals surface area contributed by atoms with Crippen LogP contribution in [0.3, 0.4) is 0 Å². The van der Waals surface area contributed by atoms with Gasteiger partial charge < -0.3 is 19.5 Å². The number of rotatable bonds is 6. The van der Waals surface area contributed by atoms with Crippen LogP contribution in [0, 0.1) is 23.2 Å². The lowest BCUT2D eigenvalue weighted by molar-refractivity contribution is -0.173. The Morgan fingerprint density at radius 3 is 2.34 bits per heavy atom. The van der Waals surface area contributed by atoms with Crippen molar-refractivity contribution in [3.8, 4) is 11.5 Å². The summed E-state index contributed by atoms with van der Waals surface area (Å²) in [7, 11) is 0. The highest BCUT2D eigenvalue weighted by Crippen LogP contribution is 2.60. The van der Waals surface area contributed by atoms with Gasteiger partial charge in [0.2, 0.25) is 0 Å². The van der Waals surface area contributed by atoms with Crippen molar-refractivity contribution in [2.45, 2.75) is 44.9 Å². The van der Waals surface area contributed by atoms with E-state index in [1.807, 2.05) is 18.2 Å². The lowest BCUT2D eigenvalue weighted by Crippen LogP contribution is -2.51. The van der Waals surface area contributed by atoms with Crippen molar-refractivity contribution >= 4 is 11.9 Å². The number of hydrogen-bond donors (Lipinski definition) is 1. The van der Waals surface area contributed by atoms with Crippen molar-refractivity contribution in [2.24, 2.45) is 23.2 Å². The van der Waals surface area contributed by atoms with E-state index in [4.69, 9.17) is 14.2 Å². The second-order valence-corrected chi connectivity index (χ2v) is 9.35. The third-order valence-corrected chi connectivity index (χ3v) is 7.15. The van der Waals surface area contributed by atoms with Gasteiger partial charge >= 0.3 is 5.97 Å². The normalized spacial score (nSPS) is 31.4. The molecule has 5 aliphatic rings. The minimum Gasteiger partial charge on any atom is -0.486 e. The summed E-state index contributed by atoms with van der Waals surface area (Å²) in [5.41, 5.74) is 0.764. The molecular weight excluding hydrogens is 370 g/mol. The SMILES string of the molecule is O=C(COC(=O)C12CC3CC(CC(C3)C1)C2)NCCc1ccc2c(c1)OCCO2. The zero-order valence-electron chi connectivity index (χ0n) is 16.8. The Morgan fingerprint density at radius 1 is 1.00 bits per heavy atom. The molecule has 1 N–H and O–H groups in total. The van der Waals surface area contributed by atoms with E-state index in [2.05, 4.69) is 5.32 Å². The smallest absolute Gasteiger partial charge is 0.312 e. The first-order valence-corrected chi connectivity index (χ1v) is 10.9. The molecular formula is C23H29NO5. The Labute approximate surface area is 171 Å². The molecule has 0 aromatic heterocycles. The highest BCUT2D eigenvalue weighted by molar-refractivity contribution is 5.83. The summed E-state index contributed by atoms with van der Waals surface area (Å²) in [4.78, 5) is 25.0. The van der Waals surface area contributed by atoms with E-state index < -0.39 is 0 Å². The van der Waals surface area contributed by atoms with Gasteiger partial charge in [0.1, 0.15) is 13.2 Å². The van der Waals surface area contributed by atoms with E-state index in [1.165, 1.54) is 19.3 Å². The Bertz CT molecular complexity index is 769. The van der Waals surface area contributed by atoms with Crippen molar-refractivity contribution in [1.29, 1.82) is 0 Å². The molecule has 4 saturated carbocycles. The number of benzene rings is 1. The molecule has 156 valence electrons. The maximum Gasteiger partial charge on any atom is 0.312 e. The van der Waals surface area contributed by atoms with E-state index >= 15 is 0 Å². The summed E-state index contributed by atoms with van der Waals surface area (Å²) in [5, 5.41) is 2.85. The predicted octanol–water partition coefficient (Wildman–Crippen LogP) is 2.88. The van der Waals surface area contributed by atoms with Gasteiger partial charge in [-0.05, 0) is 80.4 Å². The summed E-state index contributed by atoms with van der Waals surface area (Å²) in [6.07, 6.45) is 7.43. The first-order chi connectivity index (χ1) is 14.1. The van der Waals surface area contributed by atoms with Crippen molar-refractivity contribution in [3.05, 3.63) is 23.8 Å². The second-order valence-electron chi connectivity index (χ2n) is 9.35. The standard InChI is InChI=1S/C23H29NO5/c25-21(24-4-3-15-1-2-19-20(10-15)28-6-5-27-19)14-29-22(26)23-11-16-7-17(12-23)9-18(8-16)13-23/h1-2,10,16-18H,3-9,11-14H2,(H,24,25). The maximum atomic E-state index is 12.8. The Morgan fingerprint density at radius 2 is 1.66 bits per heavy atom. The predicted molar refractivity (Wildman–Crippen MR) is 106 cm³/mol. The number of esters is 1. The molecule has 0 spiro atoms. The van der Waals surface area contributed by atoms with Crippen LogP contribution >= 0.6 is 0 Å². The average molecular weight is 399 g/mol. The van der Waals surface area contributed by atoms with E-state index in [-0.39, 0.29) is 23.9 Å². The number of fused-ring (bicyclic) bond motifs is 1.